The highest BCUT2D eigenvalue weighted by Gasteiger charge is 2.26. The summed E-state index contributed by atoms with van der Waals surface area (Å²) in [6.07, 6.45) is 8.04. The van der Waals surface area contributed by atoms with Crippen LogP contribution in [0.25, 0.3) is 0 Å². The first-order valence-corrected chi connectivity index (χ1v) is 9.91. The minimum atomic E-state index is 0.102. The fourth-order valence-electron chi connectivity index (χ4n) is 3.28. The molecule has 1 aliphatic rings. The zero-order valence-corrected chi connectivity index (χ0v) is 16.4. The Morgan fingerprint density at radius 1 is 1.31 bits per heavy atom. The molecule has 26 heavy (non-hydrogen) atoms. The molecular weight excluding hydrogens is 348 g/mol. The second-order valence-electron chi connectivity index (χ2n) is 7.06. The van der Waals surface area contributed by atoms with Crippen LogP contribution in [0.3, 0.4) is 0 Å². The number of carbonyl (C=O) groups excluding carboxylic acids is 1. The van der Waals surface area contributed by atoms with E-state index in [0.717, 1.165) is 48.9 Å². The van der Waals surface area contributed by atoms with Gasteiger partial charge in [0.2, 0.25) is 11.0 Å². The van der Waals surface area contributed by atoms with E-state index in [0.29, 0.717) is 12.5 Å². The number of hydrogen-bond donors (Lipinski definition) is 0. The van der Waals surface area contributed by atoms with E-state index < -0.39 is 0 Å². The normalized spacial score (nSPS) is 18.0. The summed E-state index contributed by atoms with van der Waals surface area (Å²) in [5.74, 6) is 1.37. The lowest BCUT2D eigenvalue weighted by atomic mass is 10.1. The van der Waals surface area contributed by atoms with Crippen LogP contribution in [0.1, 0.15) is 57.3 Å². The molecular formula is C18H26N6OS. The number of carbonyl (C=O) groups is 1. The molecule has 0 aliphatic carbocycles. The van der Waals surface area contributed by atoms with Crippen molar-refractivity contribution >= 4 is 22.6 Å². The molecule has 0 saturated carbocycles. The van der Waals surface area contributed by atoms with Crippen molar-refractivity contribution in [2.45, 2.75) is 58.5 Å². The van der Waals surface area contributed by atoms with E-state index in [4.69, 9.17) is 0 Å². The molecule has 1 atom stereocenters. The van der Waals surface area contributed by atoms with Gasteiger partial charge in [-0.1, -0.05) is 13.8 Å². The highest BCUT2D eigenvalue weighted by molar-refractivity contribution is 7.09. The Balaban J connectivity index is 1.66. The van der Waals surface area contributed by atoms with Gasteiger partial charge < -0.3 is 9.80 Å². The molecule has 0 spiro atoms. The maximum absolute atomic E-state index is 12.2. The quantitative estimate of drug-likeness (QED) is 0.801. The van der Waals surface area contributed by atoms with Gasteiger partial charge in [0.1, 0.15) is 12.2 Å². The number of aromatic nitrogens is 4. The molecule has 3 heterocycles. The van der Waals surface area contributed by atoms with Crippen LogP contribution >= 0.6 is 11.5 Å². The van der Waals surface area contributed by atoms with Crippen LogP contribution in [0.5, 0.6) is 0 Å². The third-order valence-corrected chi connectivity index (χ3v) is 5.52. The lowest BCUT2D eigenvalue weighted by molar-refractivity contribution is -0.132. The van der Waals surface area contributed by atoms with Crippen molar-refractivity contribution < 1.29 is 4.79 Å². The van der Waals surface area contributed by atoms with E-state index in [9.17, 15) is 4.79 Å². The van der Waals surface area contributed by atoms with Gasteiger partial charge in [0.05, 0.1) is 0 Å². The molecule has 1 aliphatic heterocycles. The minimum absolute atomic E-state index is 0.102. The molecule has 1 amide bonds. The summed E-state index contributed by atoms with van der Waals surface area (Å²) in [7, 11) is 0. The molecule has 1 saturated heterocycles. The Morgan fingerprint density at radius 2 is 2.08 bits per heavy atom. The largest absolute Gasteiger partial charge is 0.347 e. The zero-order valence-electron chi connectivity index (χ0n) is 15.6. The molecule has 2 aromatic rings. The third kappa shape index (κ3) is 4.55. The first kappa shape index (κ1) is 18.7. The summed E-state index contributed by atoms with van der Waals surface area (Å²) in [5.41, 5.74) is 0.967. The zero-order chi connectivity index (χ0) is 18.5. The lowest BCUT2D eigenvalue weighted by Crippen LogP contribution is -2.39. The highest BCUT2D eigenvalue weighted by atomic mass is 32.1. The molecule has 140 valence electrons. The Labute approximate surface area is 158 Å². The van der Waals surface area contributed by atoms with Crippen molar-refractivity contribution in [3.05, 3.63) is 30.1 Å². The first-order chi connectivity index (χ1) is 12.5. The van der Waals surface area contributed by atoms with Gasteiger partial charge in [0.25, 0.3) is 0 Å². The first-order valence-electron chi connectivity index (χ1n) is 9.14. The van der Waals surface area contributed by atoms with E-state index in [1.54, 1.807) is 19.3 Å². The van der Waals surface area contributed by atoms with Gasteiger partial charge in [-0.05, 0) is 19.3 Å². The van der Waals surface area contributed by atoms with Gasteiger partial charge in [-0.25, -0.2) is 15.0 Å². The van der Waals surface area contributed by atoms with E-state index in [1.165, 1.54) is 17.9 Å². The lowest BCUT2D eigenvalue weighted by Gasteiger charge is -2.30. The van der Waals surface area contributed by atoms with Gasteiger partial charge in [0.15, 0.2) is 0 Å². The Kier molecular flexibility index (Phi) is 6.13. The van der Waals surface area contributed by atoms with Crippen molar-refractivity contribution in [1.82, 2.24) is 24.2 Å². The maximum Gasteiger partial charge on any atom is 0.219 e. The molecule has 0 unspecified atom stereocenters. The number of amides is 1. The summed E-state index contributed by atoms with van der Waals surface area (Å²) in [6.45, 7) is 8.30. The van der Waals surface area contributed by atoms with Crippen LogP contribution < -0.4 is 4.90 Å². The maximum atomic E-state index is 12.2. The third-order valence-electron chi connectivity index (χ3n) is 4.73. The summed E-state index contributed by atoms with van der Waals surface area (Å²) in [6, 6.07) is 0.232. The Hall–Kier alpha value is -2.09. The van der Waals surface area contributed by atoms with Gasteiger partial charge in [-0.3, -0.25) is 4.79 Å². The fraction of sp³-hybridized carbons (Fsp3) is 0.611. The van der Waals surface area contributed by atoms with E-state index in [2.05, 4.69) is 38.1 Å². The molecule has 8 heteroatoms. The van der Waals surface area contributed by atoms with Crippen LogP contribution in [0.4, 0.5) is 5.13 Å². The SMILES string of the molecule is CC(=O)N(Cc1cncnc1)[C@H]1CCCN(c2nc(C(C)C)ns2)CC1. The number of hydrogen-bond acceptors (Lipinski definition) is 7. The molecule has 2 aromatic heterocycles. The monoisotopic (exact) mass is 374 g/mol. The van der Waals surface area contributed by atoms with Crippen LogP contribution in [0.15, 0.2) is 18.7 Å². The van der Waals surface area contributed by atoms with Gasteiger partial charge in [-0.15, -0.1) is 0 Å². The molecule has 0 radical (unpaired) electrons. The predicted molar refractivity (Wildman–Crippen MR) is 102 cm³/mol. The Morgan fingerprint density at radius 3 is 2.73 bits per heavy atom. The van der Waals surface area contributed by atoms with E-state index in [1.807, 2.05) is 4.90 Å². The molecule has 0 aromatic carbocycles. The van der Waals surface area contributed by atoms with Crippen LogP contribution in [0.2, 0.25) is 0 Å². The standard InChI is InChI=1S/C18H26N6OS/c1-13(2)17-21-18(26-22-17)23-7-4-5-16(6-8-23)24(14(3)25)11-15-9-19-12-20-10-15/h9-10,12-13,16H,4-8,11H2,1-3H3/t16-/m0/s1. The van der Waals surface area contributed by atoms with Crippen molar-refractivity contribution in [3.8, 4) is 0 Å². The molecule has 3 rings (SSSR count). The van der Waals surface area contributed by atoms with Crippen molar-refractivity contribution in [2.75, 3.05) is 18.0 Å². The minimum Gasteiger partial charge on any atom is -0.347 e. The molecule has 0 bridgehead atoms. The predicted octanol–water partition coefficient (Wildman–Crippen LogP) is 2.86. The number of anilines is 1. The van der Waals surface area contributed by atoms with Crippen LogP contribution in [-0.4, -0.2) is 49.3 Å². The topological polar surface area (TPSA) is 75.1 Å². The second kappa shape index (κ2) is 8.53. The van der Waals surface area contributed by atoms with Crippen LogP contribution in [-0.2, 0) is 11.3 Å². The van der Waals surface area contributed by atoms with E-state index in [-0.39, 0.29) is 11.9 Å². The van der Waals surface area contributed by atoms with E-state index >= 15 is 0 Å². The van der Waals surface area contributed by atoms with Crippen molar-refractivity contribution in [1.29, 1.82) is 0 Å². The number of nitrogens with zero attached hydrogens (tertiary/aromatic N) is 6. The average molecular weight is 375 g/mol. The Bertz CT molecular complexity index is 719. The fourth-order valence-corrected chi connectivity index (χ4v) is 4.14. The van der Waals surface area contributed by atoms with Crippen molar-refractivity contribution in [2.24, 2.45) is 0 Å². The van der Waals surface area contributed by atoms with Gasteiger partial charge >= 0.3 is 0 Å². The smallest absolute Gasteiger partial charge is 0.219 e. The summed E-state index contributed by atoms with van der Waals surface area (Å²) < 4.78 is 4.47. The van der Waals surface area contributed by atoms with Crippen molar-refractivity contribution in [3.63, 3.8) is 0 Å². The molecule has 1 fully saturated rings. The molecule has 0 N–H and O–H groups in total. The number of rotatable bonds is 5. The van der Waals surface area contributed by atoms with Gasteiger partial charge in [0, 0.05) is 68.0 Å². The summed E-state index contributed by atoms with van der Waals surface area (Å²) in [5, 5.41) is 1.00. The van der Waals surface area contributed by atoms with Crippen LogP contribution in [0, 0.1) is 0 Å². The highest BCUT2D eigenvalue weighted by Crippen LogP contribution is 2.26. The molecule has 7 nitrogen and oxygen atoms in total. The summed E-state index contributed by atoms with van der Waals surface area (Å²) >= 11 is 1.48. The van der Waals surface area contributed by atoms with Gasteiger partial charge in [-0.2, -0.15) is 4.37 Å². The second-order valence-corrected chi connectivity index (χ2v) is 7.79. The summed E-state index contributed by atoms with van der Waals surface area (Å²) in [4.78, 5) is 29.3. The average Bonchev–Trinajstić information content (AvgIpc) is 3.00.